The van der Waals surface area contributed by atoms with Gasteiger partial charge in [-0.2, -0.15) is 22.7 Å². The summed E-state index contributed by atoms with van der Waals surface area (Å²) in [4.78, 5) is 12.3. The highest BCUT2D eigenvalue weighted by Crippen LogP contribution is 2.41. The van der Waals surface area contributed by atoms with Gasteiger partial charge in [0.05, 0.1) is 37.6 Å². The number of carbonyl (C=O) groups excluding carboxylic acids is 1. The van der Waals surface area contributed by atoms with E-state index in [-0.39, 0.29) is 37.4 Å². The van der Waals surface area contributed by atoms with Crippen molar-refractivity contribution in [1.29, 1.82) is 5.26 Å². The molecule has 0 radical (unpaired) electrons. The van der Waals surface area contributed by atoms with Crippen molar-refractivity contribution < 1.29 is 35.9 Å². The van der Waals surface area contributed by atoms with E-state index in [1.807, 2.05) is 0 Å². The lowest BCUT2D eigenvalue weighted by atomic mass is 9.92. The third-order valence-corrected chi connectivity index (χ3v) is 8.47. The van der Waals surface area contributed by atoms with Crippen molar-refractivity contribution >= 4 is 15.9 Å². The van der Waals surface area contributed by atoms with Crippen molar-refractivity contribution in [1.82, 2.24) is 9.21 Å². The second-order valence-electron chi connectivity index (χ2n) is 8.55. The van der Waals surface area contributed by atoms with Crippen LogP contribution < -0.4 is 9.47 Å². The summed E-state index contributed by atoms with van der Waals surface area (Å²) in [7, 11) is -1.17. The number of nitrogens with zero attached hydrogens (tertiary/aromatic N) is 3. The van der Waals surface area contributed by atoms with Gasteiger partial charge >= 0.3 is 12.1 Å². The summed E-state index contributed by atoms with van der Waals surface area (Å²) in [6, 6.07) is 9.02. The van der Waals surface area contributed by atoms with Crippen molar-refractivity contribution in [3.05, 3.63) is 52.6 Å². The molecule has 1 unspecified atom stereocenters. The van der Waals surface area contributed by atoms with Gasteiger partial charge in [0.25, 0.3) is 0 Å². The molecule has 0 bridgehead atoms. The van der Waals surface area contributed by atoms with Crippen molar-refractivity contribution in [2.75, 3.05) is 27.3 Å². The summed E-state index contributed by atoms with van der Waals surface area (Å²) < 4.78 is 78.2. The minimum absolute atomic E-state index is 0.101. The van der Waals surface area contributed by atoms with Crippen LogP contribution in [0.4, 0.5) is 13.2 Å². The molecule has 4 rings (SSSR count). The molecule has 12 heteroatoms. The minimum atomic E-state index is -5.00. The van der Waals surface area contributed by atoms with Crippen LogP contribution in [0.5, 0.6) is 11.5 Å². The van der Waals surface area contributed by atoms with Crippen molar-refractivity contribution in [3.8, 4) is 17.6 Å². The number of benzene rings is 2. The number of methoxy groups -OCH3 is 2. The average molecular weight is 524 g/mol. The second kappa shape index (κ2) is 9.63. The Morgan fingerprint density at radius 3 is 2.36 bits per heavy atom. The van der Waals surface area contributed by atoms with Crippen LogP contribution in [0, 0.1) is 11.3 Å². The van der Waals surface area contributed by atoms with Crippen LogP contribution in [0.3, 0.4) is 0 Å². The number of carbonyl (C=O) groups is 1. The lowest BCUT2D eigenvalue weighted by Gasteiger charge is -2.36. The van der Waals surface area contributed by atoms with E-state index in [9.17, 15) is 31.6 Å². The van der Waals surface area contributed by atoms with Gasteiger partial charge in [-0.1, -0.05) is 6.07 Å². The maximum absolute atomic E-state index is 13.7. The zero-order valence-corrected chi connectivity index (χ0v) is 20.4. The van der Waals surface area contributed by atoms with E-state index < -0.39 is 28.1 Å². The number of amides is 1. The quantitative estimate of drug-likeness (QED) is 0.596. The maximum Gasteiger partial charge on any atom is 0.471 e. The summed E-state index contributed by atoms with van der Waals surface area (Å²) in [5.41, 5.74) is 2.50. The first-order valence-electron chi connectivity index (χ1n) is 11.1. The Kier molecular flexibility index (Phi) is 6.90. The lowest BCUT2D eigenvalue weighted by Crippen LogP contribution is -2.44. The van der Waals surface area contributed by atoms with E-state index >= 15 is 0 Å². The average Bonchev–Trinajstić information content (AvgIpc) is 2.86. The standard InChI is InChI=1S/C24H24F3N3O5S/c1-34-21-12-16-7-10-30(20(5-8-28)19(16)13-22(21)35-2)36(32,33)18-4-3-15-6-9-29(14-17(15)11-18)23(31)24(25,26)27/h3-4,11-13,20H,5-7,9-10,14H2,1-2H3. The fraction of sp³-hybridized carbons (Fsp3) is 0.417. The van der Waals surface area contributed by atoms with Gasteiger partial charge in [-0.25, -0.2) is 8.42 Å². The Morgan fingerprint density at radius 1 is 1.06 bits per heavy atom. The number of hydrogen-bond acceptors (Lipinski definition) is 6. The van der Waals surface area contributed by atoms with Crippen LogP contribution in [-0.4, -0.2) is 57.0 Å². The molecule has 0 spiro atoms. The van der Waals surface area contributed by atoms with Crippen LogP contribution in [0.1, 0.15) is 34.7 Å². The number of halogens is 3. The van der Waals surface area contributed by atoms with E-state index in [2.05, 4.69) is 6.07 Å². The van der Waals surface area contributed by atoms with E-state index in [0.29, 0.717) is 39.5 Å². The summed E-state index contributed by atoms with van der Waals surface area (Å²) in [6.07, 6.45) is -4.56. The third kappa shape index (κ3) is 4.60. The van der Waals surface area contributed by atoms with Crippen LogP contribution >= 0.6 is 0 Å². The fourth-order valence-corrected chi connectivity index (χ4v) is 6.43. The molecule has 0 aromatic heterocycles. The molecule has 2 aromatic carbocycles. The summed E-state index contributed by atoms with van der Waals surface area (Å²) in [5, 5.41) is 9.47. The molecule has 0 saturated carbocycles. The van der Waals surface area contributed by atoms with E-state index in [1.54, 1.807) is 18.2 Å². The van der Waals surface area contributed by atoms with Crippen LogP contribution in [0.25, 0.3) is 0 Å². The normalized spacial score (nSPS) is 18.1. The Morgan fingerprint density at radius 2 is 1.72 bits per heavy atom. The highest BCUT2D eigenvalue weighted by molar-refractivity contribution is 7.89. The summed E-state index contributed by atoms with van der Waals surface area (Å²) in [6.45, 7) is -0.332. The largest absolute Gasteiger partial charge is 0.493 e. The monoisotopic (exact) mass is 523 g/mol. The summed E-state index contributed by atoms with van der Waals surface area (Å²) >= 11 is 0. The molecule has 1 atom stereocenters. The first-order valence-corrected chi connectivity index (χ1v) is 12.6. The highest BCUT2D eigenvalue weighted by Gasteiger charge is 2.43. The molecular weight excluding hydrogens is 499 g/mol. The zero-order valence-electron chi connectivity index (χ0n) is 19.6. The maximum atomic E-state index is 13.7. The number of alkyl halides is 3. The van der Waals surface area contributed by atoms with E-state index in [4.69, 9.17) is 9.47 Å². The molecule has 2 aliphatic rings. The number of sulfonamides is 1. The van der Waals surface area contributed by atoms with Crippen LogP contribution in [-0.2, 0) is 34.2 Å². The molecule has 0 aliphatic carbocycles. The molecular formula is C24H24F3N3O5S. The summed E-state index contributed by atoms with van der Waals surface area (Å²) in [5.74, 6) is -1.05. The van der Waals surface area contributed by atoms with Crippen LogP contribution in [0.2, 0.25) is 0 Å². The smallest absolute Gasteiger partial charge is 0.471 e. The minimum Gasteiger partial charge on any atom is -0.493 e. The molecule has 0 saturated heterocycles. The molecule has 8 nitrogen and oxygen atoms in total. The van der Waals surface area contributed by atoms with Crippen molar-refractivity contribution in [3.63, 3.8) is 0 Å². The number of fused-ring (bicyclic) bond motifs is 2. The first kappa shape index (κ1) is 25.8. The van der Waals surface area contributed by atoms with Gasteiger partial charge in [0.2, 0.25) is 10.0 Å². The number of nitriles is 1. The van der Waals surface area contributed by atoms with Gasteiger partial charge in [0, 0.05) is 19.6 Å². The Bertz CT molecular complexity index is 1340. The van der Waals surface area contributed by atoms with Gasteiger partial charge in [0.15, 0.2) is 11.5 Å². The topological polar surface area (TPSA) is 99.9 Å². The molecule has 1 amide bonds. The molecule has 2 heterocycles. The number of ether oxygens (including phenoxy) is 2. The molecule has 36 heavy (non-hydrogen) atoms. The SMILES string of the molecule is COc1cc2c(cc1OC)C(CC#N)N(S(=O)(=O)c1ccc3c(c1)CN(C(=O)C(F)(F)F)CC3)CC2. The van der Waals surface area contributed by atoms with Gasteiger partial charge < -0.3 is 14.4 Å². The molecule has 192 valence electrons. The zero-order chi connectivity index (χ0) is 26.3. The molecule has 2 aliphatic heterocycles. The Hall–Kier alpha value is -3.30. The number of hydrogen-bond donors (Lipinski definition) is 0. The van der Waals surface area contributed by atoms with Gasteiger partial charge in [-0.3, -0.25) is 4.79 Å². The predicted molar refractivity (Wildman–Crippen MR) is 122 cm³/mol. The van der Waals surface area contributed by atoms with Crippen molar-refractivity contribution in [2.45, 2.75) is 42.9 Å². The molecule has 2 aromatic rings. The Balaban J connectivity index is 1.70. The van der Waals surface area contributed by atoms with Crippen LogP contribution in [0.15, 0.2) is 35.2 Å². The van der Waals surface area contributed by atoms with Gasteiger partial charge in [-0.05, 0) is 59.4 Å². The fourth-order valence-electron chi connectivity index (χ4n) is 4.77. The highest BCUT2D eigenvalue weighted by atomic mass is 32.2. The van der Waals surface area contributed by atoms with Gasteiger partial charge in [-0.15, -0.1) is 0 Å². The predicted octanol–water partition coefficient (Wildman–Crippen LogP) is 3.35. The first-order chi connectivity index (χ1) is 17.0. The van der Waals surface area contributed by atoms with E-state index in [1.165, 1.54) is 30.7 Å². The lowest BCUT2D eigenvalue weighted by molar-refractivity contribution is -0.186. The molecule has 0 N–H and O–H groups in total. The third-order valence-electron chi connectivity index (χ3n) is 6.56. The second-order valence-corrected chi connectivity index (χ2v) is 10.4. The number of rotatable bonds is 5. The van der Waals surface area contributed by atoms with Crippen molar-refractivity contribution in [2.24, 2.45) is 0 Å². The van der Waals surface area contributed by atoms with E-state index in [0.717, 1.165) is 5.56 Å². The molecule has 0 fully saturated rings. The van der Waals surface area contributed by atoms with Gasteiger partial charge in [0.1, 0.15) is 0 Å². The Labute approximate surface area is 206 Å².